The zero-order valence-electron chi connectivity index (χ0n) is 6.73. The lowest BCUT2D eigenvalue weighted by Crippen LogP contribution is -1.93. The zero-order chi connectivity index (χ0) is 9.14. The molecule has 66 valence electrons. The second kappa shape index (κ2) is 3.63. The first-order valence-electron chi connectivity index (χ1n) is 3.26. The summed E-state index contributed by atoms with van der Waals surface area (Å²) in [5, 5.41) is 0.329. The van der Waals surface area contributed by atoms with Crippen molar-refractivity contribution in [2.75, 3.05) is 14.2 Å². The summed E-state index contributed by atoms with van der Waals surface area (Å²) in [6.07, 6.45) is 0. The minimum absolute atomic E-state index is 0.0324. The van der Waals surface area contributed by atoms with Crippen LogP contribution in [0.15, 0.2) is 12.1 Å². The summed E-state index contributed by atoms with van der Waals surface area (Å²) in [6.45, 7) is 0. The van der Waals surface area contributed by atoms with E-state index in [9.17, 15) is 4.39 Å². The Morgan fingerprint density at radius 3 is 2.17 bits per heavy atom. The number of methoxy groups -OCH3 is 2. The van der Waals surface area contributed by atoms with Crippen LogP contribution < -0.4 is 9.47 Å². The molecule has 0 heterocycles. The molecule has 4 heteroatoms. The molecule has 0 amide bonds. The summed E-state index contributed by atoms with van der Waals surface area (Å²) in [7, 11) is 2.76. The van der Waals surface area contributed by atoms with Crippen LogP contribution in [0, 0.1) is 5.82 Å². The van der Waals surface area contributed by atoms with Gasteiger partial charge in [-0.3, -0.25) is 0 Å². The summed E-state index contributed by atoms with van der Waals surface area (Å²) in [6, 6.07) is 2.64. The minimum atomic E-state index is -0.487. The molecule has 0 spiro atoms. The maximum absolute atomic E-state index is 13.0. The predicted molar refractivity (Wildman–Crippen MR) is 44.5 cm³/mol. The third-order valence-corrected chi connectivity index (χ3v) is 1.72. The fourth-order valence-electron chi connectivity index (χ4n) is 0.895. The van der Waals surface area contributed by atoms with Gasteiger partial charge in [-0.1, -0.05) is 11.6 Å². The summed E-state index contributed by atoms with van der Waals surface area (Å²) < 4.78 is 22.6. The van der Waals surface area contributed by atoms with Crippen molar-refractivity contribution in [2.45, 2.75) is 0 Å². The Morgan fingerprint density at radius 1 is 1.17 bits per heavy atom. The predicted octanol–water partition coefficient (Wildman–Crippen LogP) is 2.50. The quantitative estimate of drug-likeness (QED) is 0.714. The second-order valence-corrected chi connectivity index (χ2v) is 2.50. The van der Waals surface area contributed by atoms with Crippen LogP contribution in [0.5, 0.6) is 11.5 Å². The van der Waals surface area contributed by atoms with Gasteiger partial charge in [0.05, 0.1) is 19.2 Å². The van der Waals surface area contributed by atoms with Crippen molar-refractivity contribution in [1.29, 1.82) is 0 Å². The van der Waals surface area contributed by atoms with Crippen molar-refractivity contribution >= 4 is 11.6 Å². The highest BCUT2D eigenvalue weighted by atomic mass is 35.5. The van der Waals surface area contributed by atoms with E-state index in [1.54, 1.807) is 0 Å². The monoisotopic (exact) mass is 190 g/mol. The standard InChI is InChI=1S/C8H8ClFO2/c1-11-7-5(9)3-4-6(10)8(7)12-2/h3-4H,1-2H3. The van der Waals surface area contributed by atoms with Crippen molar-refractivity contribution in [1.82, 2.24) is 0 Å². The van der Waals surface area contributed by atoms with Gasteiger partial charge >= 0.3 is 0 Å². The van der Waals surface area contributed by atoms with E-state index in [1.165, 1.54) is 26.4 Å². The average Bonchev–Trinajstić information content (AvgIpc) is 2.08. The fourth-order valence-corrected chi connectivity index (χ4v) is 1.12. The van der Waals surface area contributed by atoms with Gasteiger partial charge in [0.2, 0.25) is 0 Å². The van der Waals surface area contributed by atoms with Crippen LogP contribution >= 0.6 is 11.6 Å². The molecule has 0 saturated heterocycles. The van der Waals surface area contributed by atoms with Gasteiger partial charge < -0.3 is 9.47 Å². The highest BCUT2D eigenvalue weighted by Crippen LogP contribution is 2.36. The molecule has 0 N–H and O–H groups in total. The van der Waals surface area contributed by atoms with Crippen LogP contribution in [0.25, 0.3) is 0 Å². The molecular weight excluding hydrogens is 183 g/mol. The topological polar surface area (TPSA) is 18.5 Å². The number of ether oxygens (including phenoxy) is 2. The summed E-state index contributed by atoms with van der Waals surface area (Å²) >= 11 is 5.71. The van der Waals surface area contributed by atoms with Crippen LogP contribution in [-0.2, 0) is 0 Å². The third-order valence-electron chi connectivity index (χ3n) is 1.42. The Hall–Kier alpha value is -0.960. The number of rotatable bonds is 2. The van der Waals surface area contributed by atoms with Crippen molar-refractivity contribution < 1.29 is 13.9 Å². The number of hydrogen-bond donors (Lipinski definition) is 0. The van der Waals surface area contributed by atoms with Crippen molar-refractivity contribution in [3.8, 4) is 11.5 Å². The van der Waals surface area contributed by atoms with Crippen LogP contribution in [0.3, 0.4) is 0 Å². The Balaban J connectivity index is 3.28. The normalized spacial score (nSPS) is 9.67. The molecule has 2 nitrogen and oxygen atoms in total. The highest BCUT2D eigenvalue weighted by molar-refractivity contribution is 6.32. The molecule has 0 bridgehead atoms. The molecule has 1 rings (SSSR count). The SMILES string of the molecule is COc1c(F)ccc(Cl)c1OC. The van der Waals surface area contributed by atoms with E-state index in [2.05, 4.69) is 0 Å². The van der Waals surface area contributed by atoms with E-state index in [0.717, 1.165) is 0 Å². The molecule has 0 aromatic heterocycles. The number of benzene rings is 1. The molecule has 0 fully saturated rings. The summed E-state index contributed by atoms with van der Waals surface area (Å²) in [4.78, 5) is 0. The molecule has 1 aromatic carbocycles. The lowest BCUT2D eigenvalue weighted by Gasteiger charge is -2.08. The van der Waals surface area contributed by atoms with Crippen LogP contribution in [0.1, 0.15) is 0 Å². The molecule has 0 aliphatic heterocycles. The number of hydrogen-bond acceptors (Lipinski definition) is 2. The van der Waals surface area contributed by atoms with Crippen molar-refractivity contribution in [2.24, 2.45) is 0 Å². The van der Waals surface area contributed by atoms with Gasteiger partial charge in [0, 0.05) is 0 Å². The minimum Gasteiger partial charge on any atom is -0.491 e. The molecule has 0 aliphatic rings. The van der Waals surface area contributed by atoms with Gasteiger partial charge in [-0.15, -0.1) is 0 Å². The maximum Gasteiger partial charge on any atom is 0.198 e. The lowest BCUT2D eigenvalue weighted by atomic mass is 10.3. The molecule has 0 radical (unpaired) electrons. The van der Waals surface area contributed by atoms with Crippen molar-refractivity contribution in [3.05, 3.63) is 23.0 Å². The van der Waals surface area contributed by atoms with Gasteiger partial charge in [-0.25, -0.2) is 4.39 Å². The van der Waals surface area contributed by atoms with Gasteiger partial charge in [0.15, 0.2) is 17.3 Å². The van der Waals surface area contributed by atoms with E-state index in [0.29, 0.717) is 5.02 Å². The van der Waals surface area contributed by atoms with E-state index in [1.807, 2.05) is 0 Å². The van der Waals surface area contributed by atoms with Gasteiger partial charge in [0.25, 0.3) is 0 Å². The van der Waals surface area contributed by atoms with Crippen molar-refractivity contribution in [3.63, 3.8) is 0 Å². The van der Waals surface area contributed by atoms with E-state index in [-0.39, 0.29) is 11.5 Å². The Kier molecular flexibility index (Phi) is 2.76. The van der Waals surface area contributed by atoms with E-state index >= 15 is 0 Å². The Labute approximate surface area is 74.9 Å². The summed E-state index contributed by atoms with van der Waals surface area (Å²) in [5.41, 5.74) is 0. The van der Waals surface area contributed by atoms with Crippen LogP contribution in [-0.4, -0.2) is 14.2 Å². The average molecular weight is 191 g/mol. The first-order valence-corrected chi connectivity index (χ1v) is 3.64. The number of halogens is 2. The van der Waals surface area contributed by atoms with E-state index in [4.69, 9.17) is 21.1 Å². The Morgan fingerprint density at radius 2 is 1.75 bits per heavy atom. The van der Waals surface area contributed by atoms with E-state index < -0.39 is 5.82 Å². The first-order chi connectivity index (χ1) is 5.70. The lowest BCUT2D eigenvalue weighted by molar-refractivity contribution is 0.337. The molecule has 0 saturated carbocycles. The zero-order valence-corrected chi connectivity index (χ0v) is 7.48. The molecule has 0 aliphatic carbocycles. The largest absolute Gasteiger partial charge is 0.491 e. The molecule has 0 unspecified atom stereocenters. The van der Waals surface area contributed by atoms with Crippen LogP contribution in [0.4, 0.5) is 4.39 Å². The molecule has 1 aromatic rings. The second-order valence-electron chi connectivity index (χ2n) is 2.10. The summed E-state index contributed by atoms with van der Waals surface area (Å²) in [5.74, 6) is -0.233. The third kappa shape index (κ3) is 1.46. The maximum atomic E-state index is 13.0. The van der Waals surface area contributed by atoms with Gasteiger partial charge in [-0.2, -0.15) is 0 Å². The highest BCUT2D eigenvalue weighted by Gasteiger charge is 2.12. The molecule has 12 heavy (non-hydrogen) atoms. The first kappa shape index (κ1) is 9.13. The fraction of sp³-hybridized carbons (Fsp3) is 0.250. The smallest absolute Gasteiger partial charge is 0.198 e. The van der Waals surface area contributed by atoms with Gasteiger partial charge in [0.1, 0.15) is 0 Å². The van der Waals surface area contributed by atoms with Crippen LogP contribution in [0.2, 0.25) is 5.02 Å². The molecular formula is C8H8ClFO2. The Bertz CT molecular complexity index is 260. The molecule has 0 atom stereocenters. The van der Waals surface area contributed by atoms with Gasteiger partial charge in [-0.05, 0) is 12.1 Å².